The first-order valence-electron chi connectivity index (χ1n) is 6.22. The standard InChI is InChI=1S/C13H21N3OSi/c1-9(18(2,3)4)17-8-13-15-11-6-5-10(14)7-12(11)16-13/h5-7,9H,8,14H2,1-4H3,(H,15,16). The molecular formula is C13H21N3OSi. The lowest BCUT2D eigenvalue weighted by Crippen LogP contribution is -2.37. The zero-order valence-corrected chi connectivity index (χ0v) is 12.4. The number of hydrogen-bond acceptors (Lipinski definition) is 3. The summed E-state index contributed by atoms with van der Waals surface area (Å²) in [6.45, 7) is 9.58. The van der Waals surface area contributed by atoms with E-state index in [1.54, 1.807) is 0 Å². The SMILES string of the molecule is CC(OCc1nc2ccc(N)cc2[nH]1)[Si](C)(C)C. The summed E-state index contributed by atoms with van der Waals surface area (Å²) >= 11 is 0. The van der Waals surface area contributed by atoms with Crippen LogP contribution in [0.2, 0.25) is 19.6 Å². The molecule has 98 valence electrons. The average molecular weight is 263 g/mol. The van der Waals surface area contributed by atoms with Crippen LogP contribution in [0, 0.1) is 0 Å². The molecule has 0 spiro atoms. The number of anilines is 1. The molecule has 0 saturated heterocycles. The van der Waals surface area contributed by atoms with Crippen molar-refractivity contribution in [3.8, 4) is 0 Å². The van der Waals surface area contributed by atoms with Gasteiger partial charge in [-0.3, -0.25) is 0 Å². The van der Waals surface area contributed by atoms with Crippen molar-refractivity contribution in [3.63, 3.8) is 0 Å². The number of aromatic nitrogens is 2. The van der Waals surface area contributed by atoms with E-state index in [4.69, 9.17) is 10.5 Å². The van der Waals surface area contributed by atoms with Crippen LogP contribution in [-0.2, 0) is 11.3 Å². The summed E-state index contributed by atoms with van der Waals surface area (Å²) < 4.78 is 5.89. The predicted molar refractivity (Wildman–Crippen MR) is 78.1 cm³/mol. The van der Waals surface area contributed by atoms with Gasteiger partial charge in [0.15, 0.2) is 0 Å². The van der Waals surface area contributed by atoms with Gasteiger partial charge in [-0.25, -0.2) is 4.98 Å². The van der Waals surface area contributed by atoms with Crippen molar-refractivity contribution < 1.29 is 4.74 Å². The molecule has 4 nitrogen and oxygen atoms in total. The molecular weight excluding hydrogens is 242 g/mol. The van der Waals surface area contributed by atoms with E-state index in [0.29, 0.717) is 12.3 Å². The third-order valence-corrected chi connectivity index (χ3v) is 5.85. The smallest absolute Gasteiger partial charge is 0.133 e. The number of nitrogens with zero attached hydrogens (tertiary/aromatic N) is 1. The molecule has 0 bridgehead atoms. The van der Waals surface area contributed by atoms with E-state index < -0.39 is 8.07 Å². The van der Waals surface area contributed by atoms with E-state index in [0.717, 1.165) is 22.5 Å². The molecule has 2 aromatic rings. The van der Waals surface area contributed by atoms with Crippen LogP contribution in [0.1, 0.15) is 12.7 Å². The van der Waals surface area contributed by atoms with E-state index in [1.165, 1.54) is 0 Å². The second kappa shape index (κ2) is 4.74. The Morgan fingerprint density at radius 1 is 1.39 bits per heavy atom. The number of aromatic amines is 1. The van der Waals surface area contributed by atoms with Gasteiger partial charge in [-0.15, -0.1) is 0 Å². The van der Waals surface area contributed by atoms with Gasteiger partial charge in [-0.05, 0) is 25.1 Å². The van der Waals surface area contributed by atoms with Crippen molar-refractivity contribution in [1.29, 1.82) is 0 Å². The number of nitrogen functional groups attached to an aromatic ring is 1. The molecule has 0 aliphatic carbocycles. The van der Waals surface area contributed by atoms with Gasteiger partial charge < -0.3 is 15.5 Å². The molecule has 1 aromatic carbocycles. The lowest BCUT2D eigenvalue weighted by molar-refractivity contribution is 0.0934. The fraction of sp³-hybridized carbons (Fsp3) is 0.462. The molecule has 1 aromatic heterocycles. The normalized spacial score (nSPS) is 14.0. The topological polar surface area (TPSA) is 63.9 Å². The van der Waals surface area contributed by atoms with Crippen LogP contribution in [-0.4, -0.2) is 23.8 Å². The van der Waals surface area contributed by atoms with Crippen molar-refractivity contribution in [1.82, 2.24) is 9.97 Å². The molecule has 1 heterocycles. The lowest BCUT2D eigenvalue weighted by Gasteiger charge is -2.24. The number of nitrogens with one attached hydrogen (secondary N) is 1. The number of H-pyrrole nitrogens is 1. The van der Waals surface area contributed by atoms with Crippen molar-refractivity contribution >= 4 is 24.8 Å². The molecule has 1 unspecified atom stereocenters. The molecule has 0 aliphatic rings. The third kappa shape index (κ3) is 2.91. The minimum absolute atomic E-state index is 0.316. The number of benzene rings is 1. The van der Waals surface area contributed by atoms with E-state index in [-0.39, 0.29) is 0 Å². The Labute approximate surface area is 109 Å². The molecule has 1 atom stereocenters. The molecule has 5 heteroatoms. The van der Waals surface area contributed by atoms with Crippen molar-refractivity contribution in [2.24, 2.45) is 0 Å². The van der Waals surface area contributed by atoms with Crippen LogP contribution in [0.4, 0.5) is 5.69 Å². The number of fused-ring (bicyclic) bond motifs is 1. The fourth-order valence-electron chi connectivity index (χ4n) is 1.60. The number of hydrogen-bond donors (Lipinski definition) is 2. The summed E-state index contributed by atoms with van der Waals surface area (Å²) in [6.07, 6.45) is 0. The van der Waals surface area contributed by atoms with Crippen molar-refractivity contribution in [2.75, 3.05) is 5.73 Å². The van der Waals surface area contributed by atoms with Crippen LogP contribution >= 0.6 is 0 Å². The Bertz CT molecular complexity index is 545. The van der Waals surface area contributed by atoms with Gasteiger partial charge in [0, 0.05) is 11.4 Å². The second-order valence-corrected chi connectivity index (χ2v) is 11.3. The van der Waals surface area contributed by atoms with Crippen LogP contribution in [0.25, 0.3) is 11.0 Å². The highest BCUT2D eigenvalue weighted by atomic mass is 28.3. The van der Waals surface area contributed by atoms with Crippen molar-refractivity contribution in [3.05, 3.63) is 24.0 Å². The first-order valence-corrected chi connectivity index (χ1v) is 9.80. The summed E-state index contributed by atoms with van der Waals surface area (Å²) in [5.41, 5.74) is 8.70. The van der Waals surface area contributed by atoms with Gasteiger partial charge in [-0.2, -0.15) is 0 Å². The first kappa shape index (κ1) is 13.1. The average Bonchev–Trinajstić information content (AvgIpc) is 2.66. The largest absolute Gasteiger partial charge is 0.399 e. The van der Waals surface area contributed by atoms with Gasteiger partial charge in [0.05, 0.1) is 19.1 Å². The molecule has 0 amide bonds. The van der Waals surface area contributed by atoms with E-state index in [9.17, 15) is 0 Å². The Balaban J connectivity index is 2.09. The maximum absolute atomic E-state index is 5.89. The molecule has 18 heavy (non-hydrogen) atoms. The van der Waals surface area contributed by atoms with Crippen LogP contribution < -0.4 is 5.73 Å². The molecule has 3 N–H and O–H groups in total. The van der Waals surface area contributed by atoms with Crippen LogP contribution in [0.3, 0.4) is 0 Å². The van der Waals surface area contributed by atoms with E-state index in [1.807, 2.05) is 18.2 Å². The van der Waals surface area contributed by atoms with Gasteiger partial charge in [0.1, 0.15) is 12.4 Å². The molecule has 2 rings (SSSR count). The molecule has 0 radical (unpaired) electrons. The highest BCUT2D eigenvalue weighted by Crippen LogP contribution is 2.17. The Morgan fingerprint density at radius 3 is 2.78 bits per heavy atom. The maximum atomic E-state index is 5.89. The number of nitrogens with two attached hydrogens (primary N) is 1. The summed E-state index contributed by atoms with van der Waals surface area (Å²) in [5.74, 6) is 0.862. The highest BCUT2D eigenvalue weighted by Gasteiger charge is 2.23. The minimum Gasteiger partial charge on any atom is -0.399 e. The predicted octanol–water partition coefficient (Wildman–Crippen LogP) is 2.93. The second-order valence-electron chi connectivity index (χ2n) is 5.78. The van der Waals surface area contributed by atoms with Gasteiger partial charge in [-0.1, -0.05) is 19.6 Å². The molecule has 0 fully saturated rings. The Morgan fingerprint density at radius 2 is 2.11 bits per heavy atom. The third-order valence-electron chi connectivity index (χ3n) is 3.24. The Kier molecular flexibility index (Phi) is 3.45. The monoisotopic (exact) mass is 263 g/mol. The summed E-state index contributed by atoms with van der Waals surface area (Å²) in [6, 6.07) is 5.68. The maximum Gasteiger partial charge on any atom is 0.133 e. The number of rotatable bonds is 4. The first-order chi connectivity index (χ1) is 8.36. The van der Waals surface area contributed by atoms with E-state index >= 15 is 0 Å². The van der Waals surface area contributed by atoms with Crippen molar-refractivity contribution in [2.45, 2.75) is 38.9 Å². The number of imidazole rings is 1. The summed E-state index contributed by atoms with van der Waals surface area (Å²) in [4.78, 5) is 7.73. The minimum atomic E-state index is -1.25. The quantitative estimate of drug-likeness (QED) is 0.658. The molecule has 0 saturated carbocycles. The Hall–Kier alpha value is -1.33. The number of ether oxygens (including phenoxy) is 1. The van der Waals surface area contributed by atoms with Gasteiger partial charge in [0.2, 0.25) is 0 Å². The molecule has 0 aliphatic heterocycles. The fourth-order valence-corrected chi connectivity index (χ4v) is 2.19. The summed E-state index contributed by atoms with van der Waals surface area (Å²) in [7, 11) is -1.25. The van der Waals surface area contributed by atoms with Crippen LogP contribution in [0.5, 0.6) is 0 Å². The van der Waals surface area contributed by atoms with Crippen LogP contribution in [0.15, 0.2) is 18.2 Å². The zero-order valence-electron chi connectivity index (χ0n) is 11.4. The summed E-state index contributed by atoms with van der Waals surface area (Å²) in [5, 5.41) is 0. The van der Waals surface area contributed by atoms with Gasteiger partial charge in [0.25, 0.3) is 0 Å². The van der Waals surface area contributed by atoms with E-state index in [2.05, 4.69) is 36.5 Å². The highest BCUT2D eigenvalue weighted by molar-refractivity contribution is 6.77. The zero-order chi connectivity index (χ0) is 13.3. The van der Waals surface area contributed by atoms with Gasteiger partial charge >= 0.3 is 0 Å². The lowest BCUT2D eigenvalue weighted by atomic mass is 10.3.